The van der Waals surface area contributed by atoms with Crippen molar-refractivity contribution in [3.63, 3.8) is 0 Å². The van der Waals surface area contributed by atoms with Crippen LogP contribution >= 0.6 is 0 Å². The van der Waals surface area contributed by atoms with Crippen LogP contribution in [0.4, 0.5) is 4.39 Å². The lowest BCUT2D eigenvalue weighted by molar-refractivity contribution is -0.172. The fourth-order valence-electron chi connectivity index (χ4n) is 3.56. The second-order valence-corrected chi connectivity index (χ2v) is 6.54. The number of benzene rings is 1. The molecule has 0 heterocycles. The molecule has 4 atom stereocenters. The van der Waals surface area contributed by atoms with Crippen molar-refractivity contribution in [2.75, 3.05) is 13.2 Å². The Morgan fingerprint density at radius 2 is 1.69 bits per heavy atom. The number of hydrogen-bond acceptors (Lipinski definition) is 6. The Balaban J connectivity index is 2.59. The molecule has 1 aliphatic rings. The molecule has 1 aromatic rings. The lowest BCUT2D eigenvalue weighted by atomic mass is 9.62. The molecule has 142 valence electrons. The maximum Gasteiger partial charge on any atom is 0.317 e. The normalized spacial score (nSPS) is 28.5. The average Bonchev–Trinajstić information content (AvgIpc) is 2.54. The van der Waals surface area contributed by atoms with Crippen molar-refractivity contribution in [1.82, 2.24) is 0 Å². The Hall–Kier alpha value is -2.28. The first kappa shape index (κ1) is 20.0. The van der Waals surface area contributed by atoms with Crippen LogP contribution in [0.25, 0.3) is 0 Å². The minimum atomic E-state index is -1.70. The summed E-state index contributed by atoms with van der Waals surface area (Å²) in [6.07, 6.45) is -0.377. The zero-order valence-corrected chi connectivity index (χ0v) is 15.0. The number of carbonyl (C=O) groups is 3. The van der Waals surface area contributed by atoms with E-state index in [2.05, 4.69) is 0 Å². The smallest absolute Gasteiger partial charge is 0.317 e. The fraction of sp³-hybridized carbons (Fsp3) is 0.526. The molecule has 1 N–H and O–H groups in total. The third-order valence-corrected chi connectivity index (χ3v) is 4.60. The molecule has 0 amide bonds. The van der Waals surface area contributed by atoms with Crippen LogP contribution in [0.15, 0.2) is 24.3 Å². The van der Waals surface area contributed by atoms with Crippen LogP contribution < -0.4 is 0 Å². The molecule has 0 aromatic heterocycles. The van der Waals surface area contributed by atoms with Gasteiger partial charge in [0.25, 0.3) is 0 Å². The van der Waals surface area contributed by atoms with Gasteiger partial charge in [-0.3, -0.25) is 14.4 Å². The minimum Gasteiger partial charge on any atom is -0.466 e. The maximum absolute atomic E-state index is 13.3. The lowest BCUT2D eigenvalue weighted by Crippen LogP contribution is -2.55. The Labute approximate surface area is 151 Å². The number of Topliss-reactive ketones (excluding diaryl/α,β-unsaturated/α-hetero) is 1. The molecule has 1 fully saturated rings. The number of hydrogen-bond donors (Lipinski definition) is 1. The first-order chi connectivity index (χ1) is 12.2. The highest BCUT2D eigenvalue weighted by molar-refractivity contribution is 6.02. The van der Waals surface area contributed by atoms with Crippen LogP contribution in [-0.4, -0.2) is 41.6 Å². The van der Waals surface area contributed by atoms with Crippen LogP contribution in [0.1, 0.15) is 38.7 Å². The second kappa shape index (κ2) is 7.95. The molecule has 7 heteroatoms. The Morgan fingerprint density at radius 1 is 1.15 bits per heavy atom. The molecule has 0 aliphatic heterocycles. The predicted molar refractivity (Wildman–Crippen MR) is 89.6 cm³/mol. The highest BCUT2D eigenvalue weighted by Crippen LogP contribution is 2.46. The van der Waals surface area contributed by atoms with Crippen molar-refractivity contribution < 1.29 is 33.4 Å². The van der Waals surface area contributed by atoms with Crippen molar-refractivity contribution in [2.24, 2.45) is 11.8 Å². The predicted octanol–water partition coefficient (Wildman–Crippen LogP) is 1.99. The van der Waals surface area contributed by atoms with Crippen LogP contribution in [0.5, 0.6) is 0 Å². The van der Waals surface area contributed by atoms with Crippen molar-refractivity contribution in [2.45, 2.75) is 38.7 Å². The van der Waals surface area contributed by atoms with E-state index in [9.17, 15) is 23.9 Å². The summed E-state index contributed by atoms with van der Waals surface area (Å²) in [5, 5.41) is 10.8. The summed E-state index contributed by atoms with van der Waals surface area (Å²) in [6.45, 7) is 4.75. The van der Waals surface area contributed by atoms with E-state index in [1.54, 1.807) is 13.8 Å². The first-order valence-electron chi connectivity index (χ1n) is 8.56. The van der Waals surface area contributed by atoms with Gasteiger partial charge in [-0.25, -0.2) is 4.39 Å². The number of ether oxygens (including phenoxy) is 2. The Bertz CT molecular complexity index is 682. The van der Waals surface area contributed by atoms with E-state index < -0.39 is 46.9 Å². The Morgan fingerprint density at radius 3 is 2.23 bits per heavy atom. The minimum absolute atomic E-state index is 0.0687. The molecule has 6 nitrogen and oxygen atoms in total. The molecule has 2 rings (SSSR count). The van der Waals surface area contributed by atoms with E-state index in [1.165, 1.54) is 31.2 Å². The van der Waals surface area contributed by atoms with Crippen molar-refractivity contribution in [3.8, 4) is 0 Å². The van der Waals surface area contributed by atoms with Crippen molar-refractivity contribution >= 4 is 17.7 Å². The molecule has 0 saturated heterocycles. The van der Waals surface area contributed by atoms with Gasteiger partial charge in [-0.2, -0.15) is 0 Å². The first-order valence-corrected chi connectivity index (χ1v) is 8.56. The maximum atomic E-state index is 13.3. The summed E-state index contributed by atoms with van der Waals surface area (Å²) < 4.78 is 23.4. The van der Waals surface area contributed by atoms with Gasteiger partial charge in [0, 0.05) is 12.3 Å². The summed E-state index contributed by atoms with van der Waals surface area (Å²) in [5.41, 5.74) is -1.32. The largest absolute Gasteiger partial charge is 0.466 e. The highest BCUT2D eigenvalue weighted by atomic mass is 19.1. The third-order valence-electron chi connectivity index (χ3n) is 4.60. The second-order valence-electron chi connectivity index (χ2n) is 6.54. The van der Waals surface area contributed by atoms with E-state index in [4.69, 9.17) is 9.47 Å². The van der Waals surface area contributed by atoms with E-state index in [-0.39, 0.29) is 19.6 Å². The molecule has 0 radical (unpaired) electrons. The molecule has 0 bridgehead atoms. The van der Waals surface area contributed by atoms with Gasteiger partial charge in [0.1, 0.15) is 11.7 Å². The molecule has 26 heavy (non-hydrogen) atoms. The number of carbonyl (C=O) groups excluding carboxylic acids is 3. The topological polar surface area (TPSA) is 89.9 Å². The van der Waals surface area contributed by atoms with Gasteiger partial charge >= 0.3 is 11.9 Å². The van der Waals surface area contributed by atoms with Gasteiger partial charge in [-0.1, -0.05) is 12.1 Å². The zero-order chi connectivity index (χ0) is 19.5. The van der Waals surface area contributed by atoms with E-state index in [0.717, 1.165) is 0 Å². The van der Waals surface area contributed by atoms with Crippen LogP contribution in [-0.2, 0) is 23.9 Å². The summed E-state index contributed by atoms with van der Waals surface area (Å²) in [5.74, 6) is -5.95. The molecular formula is C19H23FO6. The van der Waals surface area contributed by atoms with Gasteiger partial charge < -0.3 is 14.6 Å². The van der Waals surface area contributed by atoms with Gasteiger partial charge in [0.05, 0.1) is 24.7 Å². The molecule has 0 unspecified atom stereocenters. The van der Waals surface area contributed by atoms with Crippen LogP contribution in [0, 0.1) is 17.7 Å². The number of esters is 2. The molecule has 1 aromatic carbocycles. The summed E-state index contributed by atoms with van der Waals surface area (Å²) >= 11 is 0. The number of aliphatic hydroxyl groups is 1. The SMILES string of the molecule is CCOC(=O)[C@@H]1C(=O)C[C@](C)(O)[C@H](C(=O)OCC)[C@@H]1c1ccc(F)cc1. The van der Waals surface area contributed by atoms with E-state index >= 15 is 0 Å². The highest BCUT2D eigenvalue weighted by Gasteiger charge is 2.57. The fourth-order valence-corrected chi connectivity index (χ4v) is 3.56. The van der Waals surface area contributed by atoms with Gasteiger partial charge in [0.15, 0.2) is 5.78 Å². The van der Waals surface area contributed by atoms with Gasteiger partial charge in [-0.15, -0.1) is 0 Å². The van der Waals surface area contributed by atoms with Crippen molar-refractivity contribution in [1.29, 1.82) is 0 Å². The standard InChI is InChI=1S/C19H23FO6/c1-4-25-17(22)15-13(21)10-19(3,24)16(18(23)26-5-2)14(15)11-6-8-12(20)9-7-11/h6-9,14-16,24H,4-5,10H2,1-3H3/t14-,15-,16+,19+/m1/s1. The average molecular weight is 366 g/mol. The monoisotopic (exact) mass is 366 g/mol. The number of ketones is 1. The van der Waals surface area contributed by atoms with Gasteiger partial charge in [0.2, 0.25) is 0 Å². The van der Waals surface area contributed by atoms with Crippen LogP contribution in [0.3, 0.4) is 0 Å². The summed E-state index contributed by atoms with van der Waals surface area (Å²) in [4.78, 5) is 37.6. The quantitative estimate of drug-likeness (QED) is 0.633. The molecule has 1 aliphatic carbocycles. The number of rotatable bonds is 5. The van der Waals surface area contributed by atoms with E-state index in [0.29, 0.717) is 5.56 Å². The molecular weight excluding hydrogens is 343 g/mol. The van der Waals surface area contributed by atoms with Crippen molar-refractivity contribution in [3.05, 3.63) is 35.6 Å². The number of halogens is 1. The Kier molecular flexibility index (Phi) is 6.13. The van der Waals surface area contributed by atoms with E-state index in [1.807, 2.05) is 0 Å². The molecule has 1 saturated carbocycles. The summed E-state index contributed by atoms with van der Waals surface area (Å²) in [7, 11) is 0. The lowest BCUT2D eigenvalue weighted by Gasteiger charge is -2.43. The molecule has 0 spiro atoms. The van der Waals surface area contributed by atoms with Gasteiger partial charge in [-0.05, 0) is 38.5 Å². The third kappa shape index (κ3) is 3.93. The zero-order valence-electron chi connectivity index (χ0n) is 15.0. The summed E-state index contributed by atoms with van der Waals surface area (Å²) in [6, 6.07) is 5.14. The van der Waals surface area contributed by atoms with Crippen LogP contribution in [0.2, 0.25) is 0 Å².